The minimum Gasteiger partial charge on any atom is -0.244 e. The Bertz CT molecular complexity index is 2250. The standard InChI is InChI=1S/C42H28N6/c1-3-36-37(4-2)45-39(38(44-36)30-20-18-28(27-43)19-21-30)31-24-22-29(23-25-31)34-16-11-17-35(26-34)42-47-40(32-12-7-5-8-13-32)46-41(48-42)33-14-9-6-10-15-33/h3-26H,1-2H2. The molecule has 5 aromatic carbocycles. The van der Waals surface area contributed by atoms with E-state index in [1.807, 2.05) is 97.1 Å². The molecule has 7 rings (SSSR count). The van der Waals surface area contributed by atoms with Gasteiger partial charge in [-0.1, -0.05) is 128 Å². The molecule has 48 heavy (non-hydrogen) atoms. The van der Waals surface area contributed by atoms with E-state index in [2.05, 4.69) is 43.5 Å². The van der Waals surface area contributed by atoms with Crippen molar-refractivity contribution >= 4 is 12.2 Å². The van der Waals surface area contributed by atoms with Gasteiger partial charge in [-0.15, -0.1) is 0 Å². The fourth-order valence-corrected chi connectivity index (χ4v) is 5.46. The SMILES string of the molecule is C=Cc1nc(-c2ccc(C#N)cc2)c(-c2ccc(-c3cccc(-c4nc(-c5ccccc5)nc(-c5ccccc5)n4)c3)cc2)nc1C=C. The summed E-state index contributed by atoms with van der Waals surface area (Å²) in [6.07, 6.45) is 3.36. The van der Waals surface area contributed by atoms with Crippen molar-refractivity contribution in [1.82, 2.24) is 24.9 Å². The molecule has 0 amide bonds. The van der Waals surface area contributed by atoms with Crippen LogP contribution in [0.1, 0.15) is 17.0 Å². The van der Waals surface area contributed by atoms with Crippen molar-refractivity contribution in [2.45, 2.75) is 0 Å². The summed E-state index contributed by atoms with van der Waals surface area (Å²) < 4.78 is 0. The van der Waals surface area contributed by atoms with Gasteiger partial charge in [0.25, 0.3) is 0 Å². The lowest BCUT2D eigenvalue weighted by atomic mass is 9.98. The second kappa shape index (κ2) is 13.3. The molecule has 0 bridgehead atoms. The van der Waals surface area contributed by atoms with E-state index >= 15 is 0 Å². The lowest BCUT2D eigenvalue weighted by Gasteiger charge is -2.13. The molecule has 0 fully saturated rings. The smallest absolute Gasteiger partial charge is 0.164 e. The van der Waals surface area contributed by atoms with Crippen molar-refractivity contribution in [2.24, 2.45) is 0 Å². The lowest BCUT2D eigenvalue weighted by Crippen LogP contribution is -2.00. The highest BCUT2D eigenvalue weighted by molar-refractivity contribution is 5.82. The van der Waals surface area contributed by atoms with Gasteiger partial charge in [-0.25, -0.2) is 24.9 Å². The van der Waals surface area contributed by atoms with Gasteiger partial charge in [0, 0.05) is 27.8 Å². The van der Waals surface area contributed by atoms with E-state index in [1.54, 1.807) is 24.3 Å². The van der Waals surface area contributed by atoms with Crippen molar-refractivity contribution in [3.63, 3.8) is 0 Å². The van der Waals surface area contributed by atoms with Crippen LogP contribution < -0.4 is 0 Å². The molecular formula is C42H28N6. The number of nitrogens with zero attached hydrogens (tertiary/aromatic N) is 6. The van der Waals surface area contributed by atoms with Gasteiger partial charge in [-0.2, -0.15) is 5.26 Å². The molecule has 2 heterocycles. The topological polar surface area (TPSA) is 88.2 Å². The molecule has 0 aliphatic heterocycles. The van der Waals surface area contributed by atoms with E-state index in [0.29, 0.717) is 45.8 Å². The number of nitriles is 1. The second-order valence-electron chi connectivity index (χ2n) is 11.0. The third kappa shape index (κ3) is 6.04. The third-order valence-corrected chi connectivity index (χ3v) is 7.94. The maximum Gasteiger partial charge on any atom is 0.164 e. The molecule has 0 spiro atoms. The fraction of sp³-hybridized carbons (Fsp3) is 0. The lowest BCUT2D eigenvalue weighted by molar-refractivity contribution is 1.07. The van der Waals surface area contributed by atoms with Crippen molar-refractivity contribution < 1.29 is 0 Å². The first-order chi connectivity index (χ1) is 23.6. The number of hydrogen-bond acceptors (Lipinski definition) is 6. The molecule has 0 atom stereocenters. The molecule has 0 saturated carbocycles. The highest BCUT2D eigenvalue weighted by atomic mass is 15.0. The Kier molecular flexibility index (Phi) is 8.24. The number of benzene rings is 5. The molecule has 6 heteroatoms. The largest absolute Gasteiger partial charge is 0.244 e. The minimum absolute atomic E-state index is 0.580. The summed E-state index contributed by atoms with van der Waals surface area (Å²) in [5.41, 5.74) is 9.84. The van der Waals surface area contributed by atoms with Crippen molar-refractivity contribution in [1.29, 1.82) is 5.26 Å². The molecule has 0 aliphatic rings. The van der Waals surface area contributed by atoms with Gasteiger partial charge in [0.05, 0.1) is 34.4 Å². The Morgan fingerprint density at radius 1 is 0.417 bits per heavy atom. The fourth-order valence-electron chi connectivity index (χ4n) is 5.46. The molecule has 0 radical (unpaired) electrons. The van der Waals surface area contributed by atoms with E-state index in [0.717, 1.165) is 38.9 Å². The summed E-state index contributed by atoms with van der Waals surface area (Å²) in [7, 11) is 0. The van der Waals surface area contributed by atoms with E-state index in [4.69, 9.17) is 24.9 Å². The van der Waals surface area contributed by atoms with E-state index < -0.39 is 0 Å². The van der Waals surface area contributed by atoms with Crippen molar-refractivity contribution in [3.05, 3.63) is 164 Å². The second-order valence-corrected chi connectivity index (χ2v) is 11.0. The first-order valence-electron chi connectivity index (χ1n) is 15.4. The average molecular weight is 617 g/mol. The Balaban J connectivity index is 1.27. The van der Waals surface area contributed by atoms with Crippen LogP contribution in [0, 0.1) is 11.3 Å². The van der Waals surface area contributed by atoms with Gasteiger partial charge in [0.1, 0.15) is 0 Å². The zero-order chi connectivity index (χ0) is 32.9. The van der Waals surface area contributed by atoms with E-state index in [-0.39, 0.29) is 0 Å². The van der Waals surface area contributed by atoms with E-state index in [1.165, 1.54) is 0 Å². The molecule has 7 aromatic rings. The predicted octanol–water partition coefficient (Wildman–Crippen LogP) is 9.82. The maximum absolute atomic E-state index is 9.29. The molecule has 226 valence electrons. The van der Waals surface area contributed by atoms with Crippen molar-refractivity contribution in [3.8, 4) is 73.9 Å². The molecule has 2 aromatic heterocycles. The highest BCUT2D eigenvalue weighted by Crippen LogP contribution is 2.33. The van der Waals surface area contributed by atoms with Crippen LogP contribution >= 0.6 is 0 Å². The molecule has 0 N–H and O–H groups in total. The zero-order valence-corrected chi connectivity index (χ0v) is 26.0. The zero-order valence-electron chi connectivity index (χ0n) is 26.0. The maximum atomic E-state index is 9.29. The minimum atomic E-state index is 0.580. The van der Waals surface area contributed by atoms with Crippen molar-refractivity contribution in [2.75, 3.05) is 0 Å². The first-order valence-corrected chi connectivity index (χ1v) is 15.4. The summed E-state index contributed by atoms with van der Waals surface area (Å²) in [6, 6.07) is 45.9. The molecule has 0 aliphatic carbocycles. The highest BCUT2D eigenvalue weighted by Gasteiger charge is 2.16. The summed E-state index contributed by atoms with van der Waals surface area (Å²) >= 11 is 0. The summed E-state index contributed by atoms with van der Waals surface area (Å²) in [6.45, 7) is 7.84. The average Bonchev–Trinajstić information content (AvgIpc) is 3.18. The molecule has 0 saturated heterocycles. The van der Waals surface area contributed by atoms with Gasteiger partial charge in [0.15, 0.2) is 17.5 Å². The van der Waals surface area contributed by atoms with Gasteiger partial charge in [-0.05, 0) is 41.5 Å². The monoisotopic (exact) mass is 616 g/mol. The van der Waals surface area contributed by atoms with Gasteiger partial charge in [-0.3, -0.25) is 0 Å². The van der Waals surface area contributed by atoms with Crippen LogP contribution in [-0.4, -0.2) is 24.9 Å². The van der Waals surface area contributed by atoms with Crippen LogP contribution in [-0.2, 0) is 0 Å². The predicted molar refractivity (Wildman–Crippen MR) is 193 cm³/mol. The normalized spacial score (nSPS) is 10.6. The van der Waals surface area contributed by atoms with Gasteiger partial charge in [0.2, 0.25) is 0 Å². The quantitative estimate of drug-likeness (QED) is 0.169. The van der Waals surface area contributed by atoms with Crippen LogP contribution in [0.3, 0.4) is 0 Å². The van der Waals surface area contributed by atoms with Gasteiger partial charge >= 0.3 is 0 Å². The van der Waals surface area contributed by atoms with Crippen LogP contribution in [0.4, 0.5) is 0 Å². The molecule has 6 nitrogen and oxygen atoms in total. The summed E-state index contributed by atoms with van der Waals surface area (Å²) in [5, 5.41) is 9.29. The Hall–Kier alpha value is -6.84. The number of hydrogen-bond donors (Lipinski definition) is 0. The van der Waals surface area contributed by atoms with Crippen LogP contribution in [0.2, 0.25) is 0 Å². The summed E-state index contributed by atoms with van der Waals surface area (Å²) in [5.74, 6) is 1.84. The van der Waals surface area contributed by atoms with Crippen LogP contribution in [0.15, 0.2) is 147 Å². The van der Waals surface area contributed by atoms with E-state index in [9.17, 15) is 5.26 Å². The Labute approximate surface area is 279 Å². The van der Waals surface area contributed by atoms with Crippen LogP contribution in [0.25, 0.3) is 80.0 Å². The number of aromatic nitrogens is 5. The Morgan fingerprint density at radius 3 is 1.31 bits per heavy atom. The molecular weight excluding hydrogens is 589 g/mol. The number of rotatable bonds is 8. The Morgan fingerprint density at radius 2 is 0.833 bits per heavy atom. The van der Waals surface area contributed by atoms with Gasteiger partial charge < -0.3 is 0 Å². The summed E-state index contributed by atoms with van der Waals surface area (Å²) in [4.78, 5) is 24.4. The molecule has 0 unspecified atom stereocenters. The van der Waals surface area contributed by atoms with Crippen LogP contribution in [0.5, 0.6) is 0 Å². The first kappa shape index (κ1) is 29.8. The third-order valence-electron chi connectivity index (χ3n) is 7.94.